The lowest BCUT2D eigenvalue weighted by atomic mass is 9.93. The molecule has 0 bridgehead atoms. The SMILES string of the molecule is Cc1[nH]c2ccccc2c1C1/C(=C(\O)c2cccc(OCC(C)C)c2)C(=O)C(=O)N1c1ccc(Cl)cc1. The average Bonchev–Trinajstić information content (AvgIpc) is 3.35. The van der Waals surface area contributed by atoms with Crippen molar-refractivity contribution < 1.29 is 19.4 Å². The Labute approximate surface area is 220 Å². The van der Waals surface area contributed by atoms with Crippen molar-refractivity contribution in [1.82, 2.24) is 4.98 Å². The molecule has 0 saturated carbocycles. The van der Waals surface area contributed by atoms with Gasteiger partial charge in [0.25, 0.3) is 11.7 Å². The van der Waals surface area contributed by atoms with Gasteiger partial charge in [0.1, 0.15) is 11.5 Å². The molecule has 2 heterocycles. The van der Waals surface area contributed by atoms with Gasteiger partial charge in [0.05, 0.1) is 18.2 Å². The number of aryl methyl sites for hydroxylation is 1. The molecule has 5 rings (SSSR count). The Morgan fingerprint density at radius 2 is 1.78 bits per heavy atom. The first-order valence-corrected chi connectivity index (χ1v) is 12.5. The number of rotatable bonds is 6. The summed E-state index contributed by atoms with van der Waals surface area (Å²) in [5.74, 6) is -0.822. The molecule has 188 valence electrons. The van der Waals surface area contributed by atoms with E-state index in [9.17, 15) is 14.7 Å². The van der Waals surface area contributed by atoms with Gasteiger partial charge < -0.3 is 14.8 Å². The molecule has 1 aliphatic heterocycles. The van der Waals surface area contributed by atoms with Crippen molar-refractivity contribution in [2.75, 3.05) is 11.5 Å². The highest BCUT2D eigenvalue weighted by Gasteiger charge is 2.48. The van der Waals surface area contributed by atoms with Crippen LogP contribution in [-0.4, -0.2) is 28.4 Å². The number of nitrogens with zero attached hydrogens (tertiary/aromatic N) is 1. The van der Waals surface area contributed by atoms with E-state index >= 15 is 0 Å². The van der Waals surface area contributed by atoms with Crippen LogP contribution in [0.25, 0.3) is 16.7 Å². The van der Waals surface area contributed by atoms with Crippen molar-refractivity contribution >= 4 is 45.6 Å². The number of aliphatic hydroxyl groups is 1. The number of ether oxygens (including phenoxy) is 1. The molecule has 0 aliphatic carbocycles. The zero-order chi connectivity index (χ0) is 26.3. The number of carbonyl (C=O) groups is 2. The van der Waals surface area contributed by atoms with Gasteiger partial charge in [-0.15, -0.1) is 0 Å². The lowest BCUT2D eigenvalue weighted by Crippen LogP contribution is -2.29. The van der Waals surface area contributed by atoms with Crippen LogP contribution in [-0.2, 0) is 9.59 Å². The molecule has 0 radical (unpaired) electrons. The fraction of sp³-hybridized carbons (Fsp3) is 0.200. The molecule has 1 atom stereocenters. The number of nitrogens with one attached hydrogen (secondary N) is 1. The van der Waals surface area contributed by atoms with Gasteiger partial charge in [0.15, 0.2) is 0 Å². The first-order valence-electron chi connectivity index (χ1n) is 12.1. The molecule has 3 aromatic carbocycles. The molecule has 1 saturated heterocycles. The maximum Gasteiger partial charge on any atom is 0.300 e. The maximum atomic E-state index is 13.5. The summed E-state index contributed by atoms with van der Waals surface area (Å²) in [6.45, 7) is 6.51. The summed E-state index contributed by atoms with van der Waals surface area (Å²) in [6.07, 6.45) is 0. The predicted octanol–water partition coefficient (Wildman–Crippen LogP) is 6.79. The first kappa shape index (κ1) is 24.7. The van der Waals surface area contributed by atoms with Crippen LogP contribution in [0.5, 0.6) is 5.75 Å². The molecular weight excluding hydrogens is 488 g/mol. The van der Waals surface area contributed by atoms with Crippen LogP contribution in [0.2, 0.25) is 5.02 Å². The summed E-state index contributed by atoms with van der Waals surface area (Å²) in [4.78, 5) is 31.8. The Hall–Kier alpha value is -4.03. The van der Waals surface area contributed by atoms with Crippen molar-refractivity contribution in [3.05, 3.63) is 100 Å². The molecule has 4 aromatic rings. The number of aromatic nitrogens is 1. The molecule has 7 heteroatoms. The van der Waals surface area contributed by atoms with E-state index in [0.29, 0.717) is 34.5 Å². The Balaban J connectivity index is 1.73. The molecule has 0 spiro atoms. The summed E-state index contributed by atoms with van der Waals surface area (Å²) in [7, 11) is 0. The molecule has 1 aromatic heterocycles. The Morgan fingerprint density at radius 1 is 1.05 bits per heavy atom. The Bertz CT molecular complexity index is 1530. The maximum absolute atomic E-state index is 13.5. The van der Waals surface area contributed by atoms with Crippen molar-refractivity contribution in [1.29, 1.82) is 0 Å². The molecule has 1 unspecified atom stereocenters. The molecule has 1 amide bonds. The van der Waals surface area contributed by atoms with E-state index in [1.165, 1.54) is 4.90 Å². The zero-order valence-electron chi connectivity index (χ0n) is 20.8. The second-order valence-corrected chi connectivity index (χ2v) is 10.0. The number of anilines is 1. The standard InChI is InChI=1S/C30H27ClN2O4/c1-17(2)16-37-22-8-6-7-19(15-22)28(34)26-27(25-18(3)32-24-10-5-4-9-23(24)25)33(30(36)29(26)35)21-13-11-20(31)12-14-21/h4-15,17,27,32,34H,16H2,1-3H3/b28-26+. The van der Waals surface area contributed by atoms with Crippen LogP contribution in [0.1, 0.15) is 36.7 Å². The van der Waals surface area contributed by atoms with Gasteiger partial charge in [-0.25, -0.2) is 0 Å². The number of H-pyrrole nitrogens is 1. The third kappa shape index (κ3) is 4.49. The minimum absolute atomic E-state index is 0.0220. The van der Waals surface area contributed by atoms with Crippen molar-refractivity contribution in [2.45, 2.75) is 26.8 Å². The van der Waals surface area contributed by atoms with Crippen molar-refractivity contribution in [3.63, 3.8) is 0 Å². The number of benzene rings is 3. The van der Waals surface area contributed by atoms with Crippen LogP contribution < -0.4 is 9.64 Å². The normalized spacial score (nSPS) is 17.2. The topological polar surface area (TPSA) is 82.6 Å². The van der Waals surface area contributed by atoms with Gasteiger partial charge in [-0.2, -0.15) is 0 Å². The number of carbonyl (C=O) groups excluding carboxylic acids is 2. The van der Waals surface area contributed by atoms with Gasteiger partial charge in [-0.05, 0) is 55.3 Å². The van der Waals surface area contributed by atoms with Gasteiger partial charge in [-0.1, -0.05) is 55.8 Å². The lowest BCUT2D eigenvalue weighted by molar-refractivity contribution is -0.132. The van der Waals surface area contributed by atoms with Crippen molar-refractivity contribution in [3.8, 4) is 5.75 Å². The zero-order valence-corrected chi connectivity index (χ0v) is 21.5. The number of ketones is 1. The first-order chi connectivity index (χ1) is 17.8. The highest BCUT2D eigenvalue weighted by molar-refractivity contribution is 6.52. The number of fused-ring (bicyclic) bond motifs is 1. The Kier molecular flexibility index (Phi) is 6.52. The third-order valence-corrected chi connectivity index (χ3v) is 6.71. The number of para-hydroxylation sites is 1. The molecule has 1 fully saturated rings. The van der Waals surface area contributed by atoms with Crippen LogP contribution in [0.3, 0.4) is 0 Å². The van der Waals surface area contributed by atoms with Crippen LogP contribution in [0.15, 0.2) is 78.4 Å². The van der Waals surface area contributed by atoms with Crippen LogP contribution >= 0.6 is 11.6 Å². The van der Waals surface area contributed by atoms with E-state index < -0.39 is 17.7 Å². The van der Waals surface area contributed by atoms with Gasteiger partial charge in [0, 0.05) is 38.4 Å². The van der Waals surface area contributed by atoms with E-state index in [1.807, 2.05) is 45.0 Å². The summed E-state index contributed by atoms with van der Waals surface area (Å²) in [6, 6.07) is 20.5. The second kappa shape index (κ2) is 9.79. The van der Waals surface area contributed by atoms with Crippen LogP contribution in [0.4, 0.5) is 5.69 Å². The van der Waals surface area contributed by atoms with E-state index in [0.717, 1.165) is 22.2 Å². The predicted molar refractivity (Wildman–Crippen MR) is 146 cm³/mol. The van der Waals surface area contributed by atoms with E-state index in [4.69, 9.17) is 16.3 Å². The largest absolute Gasteiger partial charge is 0.507 e. The quantitative estimate of drug-likeness (QED) is 0.168. The fourth-order valence-corrected chi connectivity index (χ4v) is 4.90. The number of Topliss-reactive ketones (excluding diaryl/α,β-unsaturated/α-hetero) is 1. The smallest absolute Gasteiger partial charge is 0.300 e. The van der Waals surface area contributed by atoms with E-state index in [1.54, 1.807) is 48.5 Å². The minimum atomic E-state index is -0.849. The summed E-state index contributed by atoms with van der Waals surface area (Å²) in [5.41, 5.74) is 3.35. The van der Waals surface area contributed by atoms with Gasteiger partial charge in [-0.3, -0.25) is 14.5 Å². The molecule has 37 heavy (non-hydrogen) atoms. The van der Waals surface area contributed by atoms with E-state index in [-0.39, 0.29) is 11.3 Å². The minimum Gasteiger partial charge on any atom is -0.507 e. The lowest BCUT2D eigenvalue weighted by Gasteiger charge is -2.26. The molecule has 2 N–H and O–H groups in total. The number of hydrogen-bond donors (Lipinski definition) is 2. The summed E-state index contributed by atoms with van der Waals surface area (Å²) in [5, 5.41) is 12.9. The highest BCUT2D eigenvalue weighted by atomic mass is 35.5. The monoisotopic (exact) mass is 514 g/mol. The average molecular weight is 515 g/mol. The number of aromatic amines is 1. The number of hydrogen-bond acceptors (Lipinski definition) is 4. The van der Waals surface area contributed by atoms with Gasteiger partial charge in [0.2, 0.25) is 0 Å². The summed E-state index contributed by atoms with van der Waals surface area (Å²) < 4.78 is 5.83. The third-order valence-electron chi connectivity index (χ3n) is 6.46. The number of halogens is 1. The highest BCUT2D eigenvalue weighted by Crippen LogP contribution is 2.45. The summed E-state index contributed by atoms with van der Waals surface area (Å²) >= 11 is 6.11. The van der Waals surface area contributed by atoms with E-state index in [2.05, 4.69) is 4.98 Å². The van der Waals surface area contributed by atoms with Crippen LogP contribution in [0, 0.1) is 12.8 Å². The Morgan fingerprint density at radius 3 is 2.51 bits per heavy atom. The number of amides is 1. The molecule has 6 nitrogen and oxygen atoms in total. The molecule has 1 aliphatic rings. The fourth-order valence-electron chi connectivity index (χ4n) is 4.78. The second-order valence-electron chi connectivity index (χ2n) is 9.59. The van der Waals surface area contributed by atoms with Gasteiger partial charge >= 0.3 is 0 Å². The van der Waals surface area contributed by atoms with Crippen molar-refractivity contribution in [2.24, 2.45) is 5.92 Å². The molecular formula is C30H27ClN2O4. The number of aliphatic hydroxyl groups excluding tert-OH is 1.